The number of rotatable bonds is 8. The number of anilines is 2. The molecule has 1 amide bonds. The van der Waals surface area contributed by atoms with Crippen molar-refractivity contribution in [2.45, 2.75) is 43.8 Å². The maximum absolute atomic E-state index is 12.6. The van der Waals surface area contributed by atoms with E-state index in [2.05, 4.69) is 75.7 Å². The first kappa shape index (κ1) is 29.5. The van der Waals surface area contributed by atoms with E-state index in [4.69, 9.17) is 14.7 Å². The molecule has 3 aliphatic heterocycles. The van der Waals surface area contributed by atoms with Crippen LogP contribution in [0.15, 0.2) is 49.1 Å². The minimum Gasteiger partial charge on any atom is -0.461 e. The van der Waals surface area contributed by atoms with Gasteiger partial charge in [0.2, 0.25) is 5.91 Å². The second-order valence-electron chi connectivity index (χ2n) is 12.9. The predicted molar refractivity (Wildman–Crippen MR) is 174 cm³/mol. The van der Waals surface area contributed by atoms with E-state index in [1.54, 1.807) is 4.90 Å². The summed E-state index contributed by atoms with van der Waals surface area (Å²) < 4.78 is 6.51. The SMILES string of the molecule is C=CC(=O)N1CCN(c2nc(OCC3(N4CCN(C)CC4)CC3)nc3c2CCN(c2c[c]cc4ccccc24)C3)C[C@@H]1CC#N. The zero-order valence-electron chi connectivity index (χ0n) is 26.1. The summed E-state index contributed by atoms with van der Waals surface area (Å²) in [7, 11) is 2.18. The van der Waals surface area contributed by atoms with E-state index in [0.29, 0.717) is 38.8 Å². The number of hydrogen-bond acceptors (Lipinski definition) is 9. The lowest BCUT2D eigenvalue weighted by molar-refractivity contribution is -0.128. The van der Waals surface area contributed by atoms with Gasteiger partial charge in [0, 0.05) is 69.0 Å². The van der Waals surface area contributed by atoms with Crippen LogP contribution < -0.4 is 14.5 Å². The van der Waals surface area contributed by atoms with Gasteiger partial charge in [-0.2, -0.15) is 15.2 Å². The Bertz CT molecular complexity index is 1620. The Morgan fingerprint density at radius 1 is 1.11 bits per heavy atom. The fraction of sp³-hybridized carbons (Fsp3) is 0.486. The number of benzene rings is 2. The molecule has 233 valence electrons. The van der Waals surface area contributed by atoms with E-state index in [1.165, 1.54) is 16.8 Å². The summed E-state index contributed by atoms with van der Waals surface area (Å²) in [5, 5.41) is 12.0. The van der Waals surface area contributed by atoms with Crippen LogP contribution in [0.4, 0.5) is 11.5 Å². The monoisotopic (exact) mass is 605 g/mol. The van der Waals surface area contributed by atoms with Crippen molar-refractivity contribution in [1.82, 2.24) is 24.7 Å². The number of aromatic nitrogens is 2. The van der Waals surface area contributed by atoms with Gasteiger partial charge in [-0.25, -0.2) is 0 Å². The summed E-state index contributed by atoms with van der Waals surface area (Å²) in [5.41, 5.74) is 3.32. The molecule has 4 heterocycles. The van der Waals surface area contributed by atoms with Crippen LogP contribution in [-0.2, 0) is 17.8 Å². The number of fused-ring (bicyclic) bond motifs is 2. The predicted octanol–water partition coefficient (Wildman–Crippen LogP) is 3.27. The van der Waals surface area contributed by atoms with E-state index >= 15 is 0 Å². The number of piperazine rings is 2. The van der Waals surface area contributed by atoms with E-state index < -0.39 is 0 Å². The van der Waals surface area contributed by atoms with Crippen molar-refractivity contribution in [2.75, 3.05) is 75.8 Å². The van der Waals surface area contributed by atoms with Gasteiger partial charge in [0.05, 0.1) is 36.3 Å². The zero-order chi connectivity index (χ0) is 31.0. The summed E-state index contributed by atoms with van der Waals surface area (Å²) >= 11 is 0. The molecule has 1 atom stereocenters. The molecule has 3 aromatic rings. The third kappa shape index (κ3) is 5.83. The molecule has 1 saturated carbocycles. The van der Waals surface area contributed by atoms with Gasteiger partial charge in [0.15, 0.2) is 0 Å². The second-order valence-corrected chi connectivity index (χ2v) is 12.9. The number of hydrogen-bond donors (Lipinski definition) is 0. The summed E-state index contributed by atoms with van der Waals surface area (Å²) in [5.74, 6) is 0.738. The third-order valence-electron chi connectivity index (χ3n) is 10.1. The Morgan fingerprint density at radius 2 is 1.93 bits per heavy atom. The van der Waals surface area contributed by atoms with E-state index in [-0.39, 0.29) is 23.9 Å². The summed E-state index contributed by atoms with van der Waals surface area (Å²) in [6.07, 6.45) is 4.65. The Hall–Kier alpha value is -4.20. The first-order valence-electron chi connectivity index (χ1n) is 16.1. The zero-order valence-corrected chi connectivity index (χ0v) is 26.1. The van der Waals surface area contributed by atoms with Crippen molar-refractivity contribution in [3.05, 3.63) is 66.4 Å². The van der Waals surface area contributed by atoms with Gasteiger partial charge < -0.3 is 24.3 Å². The number of carbonyl (C=O) groups excluding carboxylic acids is 1. The van der Waals surface area contributed by atoms with Gasteiger partial charge in [-0.1, -0.05) is 30.8 Å². The molecule has 10 heteroatoms. The van der Waals surface area contributed by atoms with Crippen LogP contribution in [0.2, 0.25) is 0 Å². The van der Waals surface area contributed by atoms with Crippen LogP contribution in [0.5, 0.6) is 6.01 Å². The molecule has 1 aliphatic carbocycles. The fourth-order valence-electron chi connectivity index (χ4n) is 7.24. The van der Waals surface area contributed by atoms with Crippen LogP contribution in [0.3, 0.4) is 0 Å². The van der Waals surface area contributed by atoms with Gasteiger partial charge in [0.25, 0.3) is 0 Å². The molecule has 45 heavy (non-hydrogen) atoms. The van der Waals surface area contributed by atoms with E-state index in [1.807, 2.05) is 6.07 Å². The van der Waals surface area contributed by atoms with E-state index in [9.17, 15) is 10.1 Å². The standard InChI is InChI=1S/C35H41N8O2/c1-3-32(44)43-22-19-41(23-27(43)11-15-36)33-29-12-16-40(31-10-6-8-26-7-4-5-9-28(26)31)24-30(29)37-34(38-33)45-25-35(13-14-35)42-20-17-39(2)18-21-42/h3-5,7-10,27H,1,11-14,16-25H2,2H3/t27-/m0/s1. The molecule has 0 N–H and O–H groups in total. The minimum atomic E-state index is -0.234. The minimum absolute atomic E-state index is 0.0695. The number of likely N-dealkylation sites (N-methyl/N-ethyl adjacent to an activating group) is 1. The topological polar surface area (TPSA) is 92.1 Å². The Kier molecular flexibility index (Phi) is 8.06. The third-order valence-corrected chi connectivity index (χ3v) is 10.1. The van der Waals surface area contributed by atoms with Crippen LogP contribution >= 0.6 is 0 Å². The van der Waals surface area contributed by atoms with E-state index in [0.717, 1.165) is 74.7 Å². The van der Waals surface area contributed by atoms with Gasteiger partial charge in [0.1, 0.15) is 12.4 Å². The highest BCUT2D eigenvalue weighted by Gasteiger charge is 2.49. The Morgan fingerprint density at radius 3 is 2.71 bits per heavy atom. The molecule has 10 nitrogen and oxygen atoms in total. The molecule has 0 unspecified atom stereocenters. The number of nitrogens with zero attached hydrogens (tertiary/aromatic N) is 8. The molecule has 1 radical (unpaired) electrons. The Labute approximate surface area is 265 Å². The average Bonchev–Trinajstić information content (AvgIpc) is 3.87. The molecule has 7 rings (SSSR count). The van der Waals surface area contributed by atoms with Gasteiger partial charge in [-0.15, -0.1) is 0 Å². The van der Waals surface area contributed by atoms with Gasteiger partial charge in [-0.3, -0.25) is 9.69 Å². The molecule has 4 aliphatic rings. The quantitative estimate of drug-likeness (QED) is 0.359. The summed E-state index contributed by atoms with van der Waals surface area (Å²) in [4.78, 5) is 34.1. The maximum Gasteiger partial charge on any atom is 0.318 e. The van der Waals surface area contributed by atoms with Gasteiger partial charge in [-0.05, 0) is 56.0 Å². The molecule has 1 aromatic heterocycles. The summed E-state index contributed by atoms with van der Waals surface area (Å²) in [6.45, 7) is 11.7. The highest BCUT2D eigenvalue weighted by Crippen LogP contribution is 2.43. The largest absolute Gasteiger partial charge is 0.461 e. The number of carbonyl (C=O) groups is 1. The van der Waals surface area contributed by atoms with Gasteiger partial charge >= 0.3 is 6.01 Å². The fourth-order valence-corrected chi connectivity index (χ4v) is 7.24. The van der Waals surface area contributed by atoms with Crippen LogP contribution in [0, 0.1) is 17.4 Å². The molecular weight excluding hydrogens is 564 g/mol. The van der Waals surface area contributed by atoms with Crippen molar-refractivity contribution in [1.29, 1.82) is 5.26 Å². The molecular formula is C35H41N8O2. The smallest absolute Gasteiger partial charge is 0.318 e. The summed E-state index contributed by atoms with van der Waals surface area (Å²) in [6, 6.07) is 18.3. The normalized spacial score (nSPS) is 21.7. The van der Waals surface area contributed by atoms with Crippen LogP contribution in [0.25, 0.3) is 10.8 Å². The highest BCUT2D eigenvalue weighted by molar-refractivity contribution is 5.94. The first-order valence-corrected chi connectivity index (χ1v) is 16.1. The van der Waals surface area contributed by atoms with Crippen LogP contribution in [0.1, 0.15) is 30.5 Å². The van der Waals surface area contributed by atoms with Crippen molar-refractivity contribution in [3.63, 3.8) is 0 Å². The lowest BCUT2D eigenvalue weighted by atomic mass is 10.0. The molecule has 3 fully saturated rings. The first-order chi connectivity index (χ1) is 22.0. The van der Waals surface area contributed by atoms with Crippen molar-refractivity contribution in [2.24, 2.45) is 0 Å². The number of ether oxygens (including phenoxy) is 1. The molecule has 2 aromatic carbocycles. The van der Waals surface area contributed by atoms with Crippen molar-refractivity contribution < 1.29 is 9.53 Å². The molecule has 0 spiro atoms. The number of amides is 1. The lowest BCUT2D eigenvalue weighted by Crippen LogP contribution is -2.55. The lowest BCUT2D eigenvalue weighted by Gasteiger charge is -2.42. The number of nitriles is 1. The molecule has 2 saturated heterocycles. The highest BCUT2D eigenvalue weighted by atomic mass is 16.5. The second kappa shape index (κ2) is 12.3. The van der Waals surface area contributed by atoms with Crippen LogP contribution in [-0.4, -0.2) is 108 Å². The molecule has 0 bridgehead atoms. The average molecular weight is 606 g/mol. The van der Waals surface area contributed by atoms with Crippen molar-refractivity contribution >= 4 is 28.2 Å². The maximum atomic E-state index is 12.6. The Balaban J connectivity index is 1.19. The van der Waals surface area contributed by atoms with Crippen molar-refractivity contribution in [3.8, 4) is 12.1 Å².